The van der Waals surface area contributed by atoms with Gasteiger partial charge in [-0.3, -0.25) is 4.79 Å². The van der Waals surface area contributed by atoms with Gasteiger partial charge in [0.2, 0.25) is 0 Å². The van der Waals surface area contributed by atoms with E-state index in [9.17, 15) is 4.79 Å². The lowest BCUT2D eigenvalue weighted by Gasteiger charge is -2.05. The molecule has 3 nitrogen and oxygen atoms in total. The van der Waals surface area contributed by atoms with E-state index in [2.05, 4.69) is 21.2 Å². The van der Waals surface area contributed by atoms with Gasteiger partial charge < -0.3 is 11.1 Å². The van der Waals surface area contributed by atoms with Crippen molar-refractivity contribution in [3.05, 3.63) is 28.2 Å². The van der Waals surface area contributed by atoms with E-state index in [-0.39, 0.29) is 5.78 Å². The molecule has 0 fully saturated rings. The first-order valence-corrected chi connectivity index (χ1v) is 4.68. The fourth-order valence-corrected chi connectivity index (χ4v) is 1.40. The lowest BCUT2D eigenvalue weighted by molar-refractivity contribution is 0.0994. The van der Waals surface area contributed by atoms with Crippen LogP contribution in [0.4, 0.5) is 5.69 Å². The molecule has 3 N–H and O–H groups in total. The third-order valence-electron chi connectivity index (χ3n) is 1.69. The van der Waals surface area contributed by atoms with Crippen LogP contribution >= 0.6 is 15.9 Å². The average molecular weight is 243 g/mol. The Kier molecular flexibility index (Phi) is 3.45. The molecule has 0 atom stereocenters. The second-order valence-corrected chi connectivity index (χ2v) is 3.51. The van der Waals surface area contributed by atoms with Gasteiger partial charge in [-0.15, -0.1) is 0 Å². The van der Waals surface area contributed by atoms with Gasteiger partial charge in [-0.25, -0.2) is 0 Å². The summed E-state index contributed by atoms with van der Waals surface area (Å²) in [6, 6.07) is 5.33. The van der Waals surface area contributed by atoms with Crippen LogP contribution in [0.15, 0.2) is 22.7 Å². The van der Waals surface area contributed by atoms with Crippen molar-refractivity contribution in [2.24, 2.45) is 0 Å². The summed E-state index contributed by atoms with van der Waals surface area (Å²) in [5.41, 5.74) is 6.78. The number of Topliss-reactive ketones (excluding diaryl/α,β-unsaturated/α-hetero) is 1. The molecule has 0 bridgehead atoms. The van der Waals surface area contributed by atoms with Crippen molar-refractivity contribution in [2.45, 2.75) is 0 Å². The van der Waals surface area contributed by atoms with Crippen molar-refractivity contribution in [3.63, 3.8) is 0 Å². The van der Waals surface area contributed by atoms with E-state index < -0.39 is 0 Å². The minimum absolute atomic E-state index is 0.00120. The molecule has 0 saturated heterocycles. The Bertz CT molecular complexity index is 325. The highest BCUT2D eigenvalue weighted by molar-refractivity contribution is 9.10. The first kappa shape index (κ1) is 10.2. The van der Waals surface area contributed by atoms with Crippen LogP contribution in [0.2, 0.25) is 0 Å². The number of hydrogen-bond donors (Lipinski definition) is 2. The smallest absolute Gasteiger partial charge is 0.178 e. The Morgan fingerprint density at radius 3 is 2.92 bits per heavy atom. The first-order valence-electron chi connectivity index (χ1n) is 3.88. The molecule has 0 aliphatic heterocycles. The van der Waals surface area contributed by atoms with Gasteiger partial charge in [-0.2, -0.15) is 0 Å². The summed E-state index contributed by atoms with van der Waals surface area (Å²) in [7, 11) is 1.73. The highest BCUT2D eigenvalue weighted by Gasteiger charge is 2.09. The second kappa shape index (κ2) is 4.39. The molecule has 4 heteroatoms. The molecule has 0 spiro atoms. The molecule has 0 heterocycles. The number of ketones is 1. The maximum atomic E-state index is 11.5. The number of halogens is 1. The van der Waals surface area contributed by atoms with Crippen LogP contribution in [0.1, 0.15) is 10.4 Å². The normalized spacial score (nSPS) is 10.0. The van der Waals surface area contributed by atoms with Crippen LogP contribution in [0.25, 0.3) is 0 Å². The zero-order valence-corrected chi connectivity index (χ0v) is 8.89. The topological polar surface area (TPSA) is 55.1 Å². The molecule has 0 aromatic heterocycles. The number of benzene rings is 1. The highest BCUT2D eigenvalue weighted by atomic mass is 79.9. The molecule has 1 aromatic carbocycles. The predicted octanol–water partition coefficient (Wildman–Crippen LogP) is 1.43. The molecule has 0 radical (unpaired) electrons. The summed E-state index contributed by atoms with van der Waals surface area (Å²) >= 11 is 3.27. The van der Waals surface area contributed by atoms with Gasteiger partial charge in [-0.05, 0) is 35.1 Å². The van der Waals surface area contributed by atoms with E-state index in [1.54, 1.807) is 19.2 Å². The summed E-state index contributed by atoms with van der Waals surface area (Å²) in [5, 5.41) is 2.79. The number of para-hydroxylation sites is 1. The van der Waals surface area contributed by atoms with E-state index >= 15 is 0 Å². The van der Waals surface area contributed by atoms with Crippen molar-refractivity contribution >= 4 is 27.4 Å². The molecule has 0 unspecified atom stereocenters. The Labute approximate surface area is 85.4 Å². The minimum atomic E-state index is 0.00120. The van der Waals surface area contributed by atoms with Crippen LogP contribution in [0.5, 0.6) is 0 Å². The van der Waals surface area contributed by atoms with Crippen LogP contribution < -0.4 is 11.1 Å². The van der Waals surface area contributed by atoms with Gasteiger partial charge in [0, 0.05) is 10.0 Å². The molecule has 0 saturated carbocycles. The van der Waals surface area contributed by atoms with Gasteiger partial charge >= 0.3 is 0 Å². The zero-order valence-electron chi connectivity index (χ0n) is 7.30. The number of carbonyl (C=O) groups excluding carboxylic acids is 1. The molecule has 0 aliphatic carbocycles. The summed E-state index contributed by atoms with van der Waals surface area (Å²) in [6.07, 6.45) is 0. The fraction of sp³-hybridized carbons (Fsp3) is 0.222. The SMILES string of the molecule is CNCC(=O)c1cccc(Br)c1N. The van der Waals surface area contributed by atoms with Gasteiger partial charge in [0.15, 0.2) is 5.78 Å². The van der Waals surface area contributed by atoms with Crippen molar-refractivity contribution < 1.29 is 4.79 Å². The van der Waals surface area contributed by atoms with Gasteiger partial charge in [0.25, 0.3) is 0 Å². The van der Waals surface area contributed by atoms with Gasteiger partial charge in [0.05, 0.1) is 12.2 Å². The number of nitrogens with one attached hydrogen (secondary N) is 1. The van der Waals surface area contributed by atoms with E-state index in [0.29, 0.717) is 17.8 Å². The largest absolute Gasteiger partial charge is 0.397 e. The molecule has 70 valence electrons. The number of nitrogen functional groups attached to an aromatic ring is 1. The number of rotatable bonds is 3. The zero-order chi connectivity index (χ0) is 9.84. The summed E-state index contributed by atoms with van der Waals surface area (Å²) in [6.45, 7) is 0.306. The Morgan fingerprint density at radius 1 is 1.62 bits per heavy atom. The van der Waals surface area contributed by atoms with E-state index in [0.717, 1.165) is 4.47 Å². The van der Waals surface area contributed by atoms with Crippen molar-refractivity contribution in [1.29, 1.82) is 0 Å². The molecule has 1 rings (SSSR count). The van der Waals surface area contributed by atoms with E-state index in [4.69, 9.17) is 5.73 Å². The maximum absolute atomic E-state index is 11.5. The molecular formula is C9H11BrN2O. The van der Waals surface area contributed by atoms with E-state index in [1.807, 2.05) is 6.07 Å². The number of nitrogens with two attached hydrogens (primary N) is 1. The quantitative estimate of drug-likeness (QED) is 0.623. The molecule has 0 aliphatic rings. The summed E-state index contributed by atoms with van der Waals surface area (Å²) in [4.78, 5) is 11.5. The lowest BCUT2D eigenvalue weighted by Crippen LogP contribution is -2.19. The fourth-order valence-electron chi connectivity index (χ4n) is 1.04. The van der Waals surface area contributed by atoms with Crippen molar-refractivity contribution in [2.75, 3.05) is 19.3 Å². The number of carbonyl (C=O) groups is 1. The van der Waals surface area contributed by atoms with Crippen LogP contribution in [0.3, 0.4) is 0 Å². The number of likely N-dealkylation sites (N-methyl/N-ethyl adjacent to an activating group) is 1. The lowest BCUT2D eigenvalue weighted by atomic mass is 10.1. The van der Waals surface area contributed by atoms with E-state index in [1.165, 1.54) is 0 Å². The molecule has 13 heavy (non-hydrogen) atoms. The average Bonchev–Trinajstić information content (AvgIpc) is 2.10. The van der Waals surface area contributed by atoms with Crippen LogP contribution in [-0.2, 0) is 0 Å². The monoisotopic (exact) mass is 242 g/mol. The van der Waals surface area contributed by atoms with Crippen LogP contribution in [0, 0.1) is 0 Å². The number of anilines is 1. The first-order chi connectivity index (χ1) is 6.16. The third-order valence-corrected chi connectivity index (χ3v) is 2.38. The minimum Gasteiger partial charge on any atom is -0.397 e. The van der Waals surface area contributed by atoms with Crippen LogP contribution in [-0.4, -0.2) is 19.4 Å². The molecule has 1 aromatic rings. The predicted molar refractivity (Wildman–Crippen MR) is 56.8 cm³/mol. The Hall–Kier alpha value is -0.870. The van der Waals surface area contributed by atoms with Gasteiger partial charge in [0.1, 0.15) is 0 Å². The Morgan fingerprint density at radius 2 is 2.31 bits per heavy atom. The highest BCUT2D eigenvalue weighted by Crippen LogP contribution is 2.22. The standard InChI is InChI=1S/C9H11BrN2O/c1-12-5-8(13)6-3-2-4-7(10)9(6)11/h2-4,12H,5,11H2,1H3. The van der Waals surface area contributed by atoms with Crippen molar-refractivity contribution in [1.82, 2.24) is 5.32 Å². The summed E-state index contributed by atoms with van der Waals surface area (Å²) < 4.78 is 0.759. The van der Waals surface area contributed by atoms with Crippen molar-refractivity contribution in [3.8, 4) is 0 Å². The second-order valence-electron chi connectivity index (χ2n) is 2.65. The molecular weight excluding hydrogens is 232 g/mol. The maximum Gasteiger partial charge on any atom is 0.178 e. The van der Waals surface area contributed by atoms with Gasteiger partial charge in [-0.1, -0.05) is 6.07 Å². The third kappa shape index (κ3) is 2.29. The molecule has 0 amide bonds. The Balaban J connectivity index is 3.01. The number of hydrogen-bond acceptors (Lipinski definition) is 3. The summed E-state index contributed by atoms with van der Waals surface area (Å²) in [5.74, 6) is 0.00120.